The number of nitriles is 1. The van der Waals surface area contributed by atoms with Gasteiger partial charge in [0.25, 0.3) is 0 Å². The lowest BCUT2D eigenvalue weighted by molar-refractivity contribution is -0.276. The van der Waals surface area contributed by atoms with Crippen LogP contribution >= 0.6 is 23.2 Å². The minimum Gasteiger partial charge on any atom is -0.856 e. The molecule has 2 aromatic carbocycles. The summed E-state index contributed by atoms with van der Waals surface area (Å²) >= 11 is 12.9. The molecule has 0 saturated carbocycles. The first-order chi connectivity index (χ1) is 16.2. The number of hydrogen-bond acceptors (Lipinski definition) is 7. The van der Waals surface area contributed by atoms with E-state index in [-0.39, 0.29) is 26.9 Å². The Labute approximate surface area is 203 Å². The number of nitrogens with one attached hydrogen (secondary N) is 2. The second-order valence-corrected chi connectivity index (χ2v) is 9.40. The van der Waals surface area contributed by atoms with E-state index < -0.39 is 17.3 Å². The zero-order valence-electron chi connectivity index (χ0n) is 18.1. The van der Waals surface area contributed by atoms with Gasteiger partial charge in [0.05, 0.1) is 15.7 Å². The zero-order chi connectivity index (χ0) is 24.2. The molecule has 2 aromatic heterocycles. The van der Waals surface area contributed by atoms with E-state index in [9.17, 15) is 9.90 Å². The minimum atomic E-state index is -0.998. The number of H-pyrrole nitrogens is 1. The zero-order valence-corrected chi connectivity index (χ0v) is 19.6. The first kappa shape index (κ1) is 22.2. The molecule has 0 atom stereocenters. The Kier molecular flexibility index (Phi) is 5.24. The second-order valence-electron chi connectivity index (χ2n) is 8.59. The fraction of sp³-hybridized carbons (Fsp3) is 0.217. The summed E-state index contributed by atoms with van der Waals surface area (Å²) in [5.74, 6) is -0.263. The molecule has 0 spiro atoms. The summed E-state index contributed by atoms with van der Waals surface area (Å²) in [5, 5.41) is 29.0. The summed E-state index contributed by atoms with van der Waals surface area (Å²) < 4.78 is 6.83. The average molecular weight is 496 g/mol. The first-order valence-electron chi connectivity index (χ1n) is 10.3. The van der Waals surface area contributed by atoms with Crippen molar-refractivity contribution in [2.45, 2.75) is 25.8 Å². The van der Waals surface area contributed by atoms with Gasteiger partial charge >= 0.3 is 5.69 Å². The lowest BCUT2D eigenvalue weighted by Crippen LogP contribution is -2.38. The molecule has 0 radical (unpaired) electrons. The van der Waals surface area contributed by atoms with Crippen LogP contribution in [0.4, 0.5) is 0 Å². The van der Waals surface area contributed by atoms with E-state index in [1.54, 1.807) is 6.07 Å². The Morgan fingerprint density at radius 2 is 1.97 bits per heavy atom. The largest absolute Gasteiger partial charge is 0.856 e. The van der Waals surface area contributed by atoms with Crippen LogP contribution in [0.5, 0.6) is 17.4 Å². The number of halogens is 2. The van der Waals surface area contributed by atoms with Gasteiger partial charge in [0.15, 0.2) is 11.4 Å². The number of fused-ring (bicyclic) bond motifs is 3. The van der Waals surface area contributed by atoms with Crippen molar-refractivity contribution in [3.8, 4) is 29.1 Å². The third-order valence-corrected chi connectivity index (χ3v) is 6.29. The molecule has 11 heteroatoms. The minimum absolute atomic E-state index is 0.0579. The van der Waals surface area contributed by atoms with Crippen LogP contribution in [-0.2, 0) is 12.0 Å². The normalized spacial score (nSPS) is 14.6. The van der Waals surface area contributed by atoms with E-state index >= 15 is 0 Å². The molecular weight excluding hydrogens is 479 g/mol. The van der Waals surface area contributed by atoms with E-state index in [0.29, 0.717) is 5.75 Å². The molecule has 5 rings (SSSR count). The predicted octanol–water partition coefficient (Wildman–Crippen LogP) is 3.53. The predicted molar refractivity (Wildman–Crippen MR) is 125 cm³/mol. The number of ether oxygens (including phenoxy) is 1. The average Bonchev–Trinajstić information content (AvgIpc) is 3.15. The van der Waals surface area contributed by atoms with Crippen molar-refractivity contribution in [1.29, 1.82) is 5.26 Å². The molecule has 3 heterocycles. The molecule has 0 bridgehead atoms. The highest BCUT2D eigenvalue weighted by Crippen LogP contribution is 2.41. The van der Waals surface area contributed by atoms with Gasteiger partial charge in [0, 0.05) is 41.0 Å². The highest BCUT2D eigenvalue weighted by molar-refractivity contribution is 6.37. The van der Waals surface area contributed by atoms with Crippen molar-refractivity contribution in [2.24, 2.45) is 0 Å². The Morgan fingerprint density at radius 3 is 2.68 bits per heavy atom. The maximum Gasteiger partial charge on any atom is 0.368 e. The smallest absolute Gasteiger partial charge is 0.368 e. The lowest BCUT2D eigenvalue weighted by Gasteiger charge is -2.31. The van der Waals surface area contributed by atoms with Gasteiger partial charge in [-0.1, -0.05) is 37.0 Å². The van der Waals surface area contributed by atoms with E-state index in [1.165, 1.54) is 17.7 Å². The number of aromatic nitrogens is 4. The maximum atomic E-state index is 12.1. The van der Waals surface area contributed by atoms with Gasteiger partial charge < -0.3 is 20.1 Å². The molecule has 4 aromatic rings. The Hall–Kier alpha value is -3.58. The summed E-state index contributed by atoms with van der Waals surface area (Å²) in [6.45, 7) is 6.01. The molecule has 2 N–H and O–H groups in total. The van der Waals surface area contributed by atoms with Crippen LogP contribution in [0.1, 0.15) is 30.8 Å². The maximum absolute atomic E-state index is 12.1. The quantitative estimate of drug-likeness (QED) is 0.444. The van der Waals surface area contributed by atoms with Gasteiger partial charge in [-0.3, -0.25) is 0 Å². The Morgan fingerprint density at radius 1 is 1.24 bits per heavy atom. The van der Waals surface area contributed by atoms with E-state index in [0.717, 1.165) is 34.4 Å². The number of rotatable bonds is 3. The highest BCUT2D eigenvalue weighted by Gasteiger charge is 2.31. The number of hydrogen-bond donors (Lipinski definition) is 2. The lowest BCUT2D eigenvalue weighted by atomic mass is 9.80. The molecular formula is C23H17Cl2N6O3-. The van der Waals surface area contributed by atoms with Crippen LogP contribution in [-0.4, -0.2) is 26.3 Å². The summed E-state index contributed by atoms with van der Waals surface area (Å²) in [5.41, 5.74) is 2.01. The van der Waals surface area contributed by atoms with Crippen LogP contribution in [0, 0.1) is 11.3 Å². The standard InChI is InChI=1S/C23H18Cl2N6O3/c1-23(2)10-27-9-18-19(23)13-7-12(3-4-16(13)28-18)34-20-14(24)5-11(6-15(20)25)31-22(33)29-21(32)17(8-26)30-31/h3-7,27-28H,9-10H2,1-2H3,(H,29,32,33)/p-1. The van der Waals surface area contributed by atoms with Crippen LogP contribution in [0.3, 0.4) is 0 Å². The molecule has 1 aliphatic rings. The van der Waals surface area contributed by atoms with Crippen LogP contribution in [0.25, 0.3) is 16.6 Å². The Balaban J connectivity index is 1.54. The second kappa shape index (κ2) is 8.02. The number of benzene rings is 2. The molecule has 34 heavy (non-hydrogen) atoms. The van der Waals surface area contributed by atoms with E-state index in [4.69, 9.17) is 33.2 Å². The van der Waals surface area contributed by atoms with Gasteiger partial charge in [0.2, 0.25) is 0 Å². The fourth-order valence-electron chi connectivity index (χ4n) is 4.28. The summed E-state index contributed by atoms with van der Waals surface area (Å²) in [4.78, 5) is 18.9. The topological polar surface area (TPSA) is 132 Å². The summed E-state index contributed by atoms with van der Waals surface area (Å²) in [6.07, 6.45) is 0. The molecule has 9 nitrogen and oxygen atoms in total. The van der Waals surface area contributed by atoms with Crippen molar-refractivity contribution >= 4 is 34.1 Å². The molecule has 172 valence electrons. The number of aromatic amines is 1. The highest BCUT2D eigenvalue weighted by atomic mass is 35.5. The van der Waals surface area contributed by atoms with Crippen LogP contribution in [0.2, 0.25) is 10.0 Å². The number of nitrogens with zero attached hydrogens (tertiary/aromatic N) is 4. The summed E-state index contributed by atoms with van der Waals surface area (Å²) in [6, 6.07) is 10.1. The van der Waals surface area contributed by atoms with Gasteiger partial charge in [-0.15, -0.1) is 0 Å². The van der Waals surface area contributed by atoms with Crippen molar-refractivity contribution in [2.75, 3.05) is 6.54 Å². The van der Waals surface area contributed by atoms with Crippen LogP contribution < -0.4 is 20.8 Å². The molecule has 0 amide bonds. The summed E-state index contributed by atoms with van der Waals surface area (Å²) in [7, 11) is 0. The molecule has 1 aliphatic heterocycles. The Bertz CT molecular complexity index is 1540. The van der Waals surface area contributed by atoms with Gasteiger partial charge in [-0.05, 0) is 35.9 Å². The molecule has 0 saturated heterocycles. The van der Waals surface area contributed by atoms with Gasteiger partial charge in [-0.2, -0.15) is 15.0 Å². The fourth-order valence-corrected chi connectivity index (χ4v) is 4.83. The van der Waals surface area contributed by atoms with Gasteiger partial charge in [0.1, 0.15) is 11.8 Å². The van der Waals surface area contributed by atoms with Crippen molar-refractivity contribution in [1.82, 2.24) is 25.1 Å². The molecule has 0 aliphatic carbocycles. The van der Waals surface area contributed by atoms with Crippen LogP contribution in [0.15, 0.2) is 35.1 Å². The molecule has 0 fully saturated rings. The first-order valence-corrected chi connectivity index (χ1v) is 11.0. The third kappa shape index (κ3) is 3.66. The van der Waals surface area contributed by atoms with Gasteiger partial charge in [-0.25, -0.2) is 9.78 Å². The van der Waals surface area contributed by atoms with E-state index in [1.807, 2.05) is 18.2 Å². The van der Waals surface area contributed by atoms with Crippen molar-refractivity contribution < 1.29 is 9.84 Å². The van der Waals surface area contributed by atoms with Crippen molar-refractivity contribution in [3.05, 3.63) is 67.8 Å². The SMILES string of the molecule is CC1(C)CNCc2[nH]c3ccc(Oc4c(Cl)cc(-n5nc(C#N)c([O-])nc5=O)cc4Cl)cc3c21. The monoisotopic (exact) mass is 495 g/mol. The third-order valence-electron chi connectivity index (χ3n) is 5.73. The molecule has 0 unspecified atom stereocenters. The van der Waals surface area contributed by atoms with E-state index in [2.05, 4.69) is 34.2 Å². The van der Waals surface area contributed by atoms with Crippen molar-refractivity contribution in [3.63, 3.8) is 0 Å².